The van der Waals surface area contributed by atoms with E-state index in [0.29, 0.717) is 28.4 Å². The summed E-state index contributed by atoms with van der Waals surface area (Å²) in [5, 5.41) is 13.8. The summed E-state index contributed by atoms with van der Waals surface area (Å²) in [6.07, 6.45) is 0.921. The first kappa shape index (κ1) is 20.0. The Bertz CT molecular complexity index is 994. The fraction of sp³-hybridized carbons (Fsp3) is 0.227. The standard InChI is InChI=1S/C22H22ClFN2O2/c1-4-13(2)25-22-11-15(14-5-8-18(23)19(24)9-14)10-20(26-22)17-7-6-16(28-3)12-21(17)27/h5-13,27H,4H2,1-3H3,(H,25,26). The number of hydrogen-bond acceptors (Lipinski definition) is 4. The number of pyridine rings is 1. The molecule has 1 aromatic heterocycles. The second kappa shape index (κ2) is 8.48. The lowest BCUT2D eigenvalue weighted by atomic mass is 10.0. The molecular formula is C22H22ClFN2O2. The molecule has 6 heteroatoms. The molecule has 3 aromatic rings. The topological polar surface area (TPSA) is 54.4 Å². The average Bonchev–Trinajstić information content (AvgIpc) is 2.69. The lowest BCUT2D eigenvalue weighted by Crippen LogP contribution is -2.14. The zero-order valence-electron chi connectivity index (χ0n) is 16.0. The molecule has 1 atom stereocenters. The Hall–Kier alpha value is -2.79. The maximum atomic E-state index is 14.0. The third kappa shape index (κ3) is 4.37. The quantitative estimate of drug-likeness (QED) is 0.522. The molecule has 2 aromatic carbocycles. The summed E-state index contributed by atoms with van der Waals surface area (Å²) in [7, 11) is 1.54. The number of halogens is 2. The van der Waals surface area contributed by atoms with Gasteiger partial charge in [0.25, 0.3) is 0 Å². The van der Waals surface area contributed by atoms with Crippen LogP contribution in [0.3, 0.4) is 0 Å². The molecule has 0 fully saturated rings. The smallest absolute Gasteiger partial charge is 0.142 e. The molecule has 146 valence electrons. The highest BCUT2D eigenvalue weighted by Gasteiger charge is 2.13. The maximum absolute atomic E-state index is 14.0. The van der Waals surface area contributed by atoms with Gasteiger partial charge in [0.05, 0.1) is 17.8 Å². The van der Waals surface area contributed by atoms with E-state index in [-0.39, 0.29) is 16.8 Å². The summed E-state index contributed by atoms with van der Waals surface area (Å²) >= 11 is 5.82. The number of anilines is 1. The van der Waals surface area contributed by atoms with Crippen LogP contribution in [0.2, 0.25) is 5.02 Å². The molecule has 0 radical (unpaired) electrons. The van der Waals surface area contributed by atoms with Crippen molar-refractivity contribution in [2.45, 2.75) is 26.3 Å². The van der Waals surface area contributed by atoms with E-state index >= 15 is 0 Å². The number of nitrogens with zero attached hydrogens (tertiary/aromatic N) is 1. The Balaban J connectivity index is 2.13. The van der Waals surface area contributed by atoms with Crippen LogP contribution in [0.15, 0.2) is 48.5 Å². The van der Waals surface area contributed by atoms with E-state index in [1.54, 1.807) is 18.2 Å². The van der Waals surface area contributed by atoms with Crippen LogP contribution >= 0.6 is 11.6 Å². The van der Waals surface area contributed by atoms with Crippen molar-refractivity contribution < 1.29 is 14.2 Å². The van der Waals surface area contributed by atoms with Gasteiger partial charge in [-0.25, -0.2) is 9.37 Å². The molecule has 0 aliphatic carbocycles. The third-order valence-electron chi connectivity index (χ3n) is 4.57. The Kier molecular flexibility index (Phi) is 6.05. The molecule has 4 nitrogen and oxygen atoms in total. The third-order valence-corrected chi connectivity index (χ3v) is 4.87. The predicted molar refractivity (Wildman–Crippen MR) is 112 cm³/mol. The number of aromatic hydroxyl groups is 1. The molecule has 0 aliphatic heterocycles. The van der Waals surface area contributed by atoms with Crippen LogP contribution < -0.4 is 10.1 Å². The normalized spacial score (nSPS) is 11.9. The van der Waals surface area contributed by atoms with Gasteiger partial charge in [0.2, 0.25) is 0 Å². The number of benzene rings is 2. The summed E-state index contributed by atoms with van der Waals surface area (Å²) in [4.78, 5) is 4.64. The first-order chi connectivity index (χ1) is 13.4. The Morgan fingerprint density at radius 2 is 1.93 bits per heavy atom. The summed E-state index contributed by atoms with van der Waals surface area (Å²) in [5.74, 6) is 0.768. The van der Waals surface area contributed by atoms with Crippen LogP contribution in [0.4, 0.5) is 10.2 Å². The van der Waals surface area contributed by atoms with Crippen molar-refractivity contribution in [3.63, 3.8) is 0 Å². The van der Waals surface area contributed by atoms with Crippen molar-refractivity contribution >= 4 is 17.4 Å². The van der Waals surface area contributed by atoms with Gasteiger partial charge in [-0.15, -0.1) is 0 Å². The fourth-order valence-electron chi connectivity index (χ4n) is 2.79. The van der Waals surface area contributed by atoms with Crippen LogP contribution in [0.5, 0.6) is 11.5 Å². The molecule has 1 unspecified atom stereocenters. The number of methoxy groups -OCH3 is 1. The summed E-state index contributed by atoms with van der Waals surface area (Å²) in [5.41, 5.74) is 2.57. The molecule has 3 rings (SSSR count). The zero-order valence-corrected chi connectivity index (χ0v) is 16.7. The van der Waals surface area contributed by atoms with Crippen molar-refractivity contribution in [2.24, 2.45) is 0 Å². The van der Waals surface area contributed by atoms with Gasteiger partial charge >= 0.3 is 0 Å². The summed E-state index contributed by atoms with van der Waals surface area (Å²) in [6.45, 7) is 4.13. The minimum Gasteiger partial charge on any atom is -0.507 e. The van der Waals surface area contributed by atoms with E-state index < -0.39 is 5.82 Å². The largest absolute Gasteiger partial charge is 0.507 e. The van der Waals surface area contributed by atoms with E-state index in [0.717, 1.165) is 12.0 Å². The Morgan fingerprint density at radius 3 is 2.57 bits per heavy atom. The lowest BCUT2D eigenvalue weighted by Gasteiger charge is -2.16. The molecule has 0 spiro atoms. The second-order valence-corrected chi connectivity index (χ2v) is 7.00. The van der Waals surface area contributed by atoms with Crippen LogP contribution in [-0.4, -0.2) is 23.2 Å². The number of hydrogen-bond donors (Lipinski definition) is 2. The van der Waals surface area contributed by atoms with Gasteiger partial charge in [-0.05, 0) is 60.9 Å². The van der Waals surface area contributed by atoms with E-state index in [9.17, 15) is 9.50 Å². The maximum Gasteiger partial charge on any atom is 0.142 e. The number of phenolic OH excluding ortho intramolecular Hbond substituents is 1. The van der Waals surface area contributed by atoms with Crippen molar-refractivity contribution in [1.82, 2.24) is 4.98 Å². The molecule has 2 N–H and O–H groups in total. The van der Waals surface area contributed by atoms with E-state index in [1.807, 2.05) is 12.1 Å². The molecule has 1 heterocycles. The second-order valence-electron chi connectivity index (χ2n) is 6.59. The fourth-order valence-corrected chi connectivity index (χ4v) is 2.91. The zero-order chi connectivity index (χ0) is 20.3. The summed E-state index contributed by atoms with van der Waals surface area (Å²) in [6, 6.07) is 13.6. The number of ether oxygens (including phenoxy) is 1. The first-order valence-electron chi connectivity index (χ1n) is 9.02. The Morgan fingerprint density at radius 1 is 1.14 bits per heavy atom. The molecule has 0 saturated carbocycles. The van der Waals surface area contributed by atoms with Crippen molar-refractivity contribution in [1.29, 1.82) is 0 Å². The summed E-state index contributed by atoms with van der Waals surface area (Å²) < 4.78 is 19.1. The number of phenols is 1. The van der Waals surface area contributed by atoms with Crippen molar-refractivity contribution in [3.05, 3.63) is 59.4 Å². The molecule has 28 heavy (non-hydrogen) atoms. The minimum atomic E-state index is -0.485. The van der Waals surface area contributed by atoms with Crippen LogP contribution in [0, 0.1) is 5.82 Å². The van der Waals surface area contributed by atoms with Crippen LogP contribution in [-0.2, 0) is 0 Å². The first-order valence-corrected chi connectivity index (χ1v) is 9.40. The van der Waals surface area contributed by atoms with Crippen molar-refractivity contribution in [2.75, 3.05) is 12.4 Å². The van der Waals surface area contributed by atoms with Gasteiger partial charge in [-0.2, -0.15) is 0 Å². The monoisotopic (exact) mass is 400 g/mol. The SMILES string of the molecule is CCC(C)Nc1cc(-c2ccc(Cl)c(F)c2)cc(-c2ccc(OC)cc2O)n1. The highest BCUT2D eigenvalue weighted by molar-refractivity contribution is 6.30. The van der Waals surface area contributed by atoms with Crippen LogP contribution in [0.25, 0.3) is 22.4 Å². The highest BCUT2D eigenvalue weighted by Crippen LogP contribution is 2.35. The van der Waals surface area contributed by atoms with Gasteiger partial charge in [0.15, 0.2) is 0 Å². The number of nitrogens with one attached hydrogen (secondary N) is 1. The van der Waals surface area contributed by atoms with Gasteiger partial charge in [-0.3, -0.25) is 0 Å². The number of rotatable bonds is 6. The molecular weight excluding hydrogens is 379 g/mol. The van der Waals surface area contributed by atoms with Gasteiger partial charge in [0, 0.05) is 17.7 Å². The van der Waals surface area contributed by atoms with E-state index in [1.165, 1.54) is 25.3 Å². The molecule has 0 amide bonds. The Labute approximate surface area is 169 Å². The van der Waals surface area contributed by atoms with E-state index in [4.69, 9.17) is 16.3 Å². The average molecular weight is 401 g/mol. The molecule has 0 aliphatic rings. The molecule has 0 saturated heterocycles. The number of aromatic nitrogens is 1. The van der Waals surface area contributed by atoms with Crippen LogP contribution in [0.1, 0.15) is 20.3 Å². The lowest BCUT2D eigenvalue weighted by molar-refractivity contribution is 0.408. The van der Waals surface area contributed by atoms with E-state index in [2.05, 4.69) is 24.1 Å². The highest BCUT2D eigenvalue weighted by atomic mass is 35.5. The van der Waals surface area contributed by atoms with Gasteiger partial charge in [0.1, 0.15) is 23.1 Å². The van der Waals surface area contributed by atoms with Gasteiger partial charge < -0.3 is 15.2 Å². The predicted octanol–water partition coefficient (Wildman–Crippen LogP) is 6.13. The molecule has 0 bridgehead atoms. The van der Waals surface area contributed by atoms with Gasteiger partial charge in [-0.1, -0.05) is 24.6 Å². The minimum absolute atomic E-state index is 0.0563. The van der Waals surface area contributed by atoms with Crippen molar-refractivity contribution in [3.8, 4) is 33.9 Å².